The van der Waals surface area contributed by atoms with Crippen molar-refractivity contribution in [3.05, 3.63) is 22.2 Å². The molecule has 1 aromatic carbocycles. The Morgan fingerprint density at radius 1 is 1.41 bits per heavy atom. The number of halogens is 1. The first-order chi connectivity index (χ1) is 8.04. The van der Waals surface area contributed by atoms with Crippen LogP contribution in [0, 0.1) is 5.92 Å². The van der Waals surface area contributed by atoms with E-state index < -0.39 is 0 Å². The molecule has 0 bridgehead atoms. The largest absolute Gasteiger partial charge is 0.503 e. The van der Waals surface area contributed by atoms with Gasteiger partial charge in [0.15, 0.2) is 11.5 Å². The van der Waals surface area contributed by atoms with Crippen LogP contribution in [0.1, 0.15) is 26.3 Å². The maximum Gasteiger partial charge on any atom is 0.172 e. The van der Waals surface area contributed by atoms with Crippen LogP contribution in [0.15, 0.2) is 16.6 Å². The molecule has 0 aliphatic carbocycles. The van der Waals surface area contributed by atoms with Crippen molar-refractivity contribution >= 4 is 15.9 Å². The molecule has 1 rings (SSSR count). The third kappa shape index (κ3) is 4.56. The average Bonchev–Trinajstić information content (AvgIpc) is 2.25. The quantitative estimate of drug-likeness (QED) is 0.847. The molecule has 0 atom stereocenters. The fraction of sp³-hybridized carbons (Fsp3) is 0.538. The Morgan fingerprint density at radius 3 is 2.71 bits per heavy atom. The SMILES string of the molecule is CCOc1cc(CNCC(C)C)cc(Br)c1O. The lowest BCUT2D eigenvalue weighted by atomic mass is 10.2. The highest BCUT2D eigenvalue weighted by atomic mass is 79.9. The Bertz CT molecular complexity index is 367. The van der Waals surface area contributed by atoms with Crippen LogP contribution < -0.4 is 10.1 Å². The van der Waals surface area contributed by atoms with Gasteiger partial charge in [-0.2, -0.15) is 0 Å². The molecular formula is C13H20BrNO2. The molecule has 0 radical (unpaired) electrons. The lowest BCUT2D eigenvalue weighted by Crippen LogP contribution is -2.18. The van der Waals surface area contributed by atoms with Crippen molar-refractivity contribution in [2.24, 2.45) is 5.92 Å². The topological polar surface area (TPSA) is 41.5 Å². The van der Waals surface area contributed by atoms with Gasteiger partial charge in [-0.1, -0.05) is 13.8 Å². The van der Waals surface area contributed by atoms with Crippen molar-refractivity contribution in [1.82, 2.24) is 5.32 Å². The molecule has 0 fully saturated rings. The number of rotatable bonds is 6. The molecule has 0 saturated carbocycles. The van der Waals surface area contributed by atoms with Crippen molar-refractivity contribution < 1.29 is 9.84 Å². The molecule has 0 aliphatic heterocycles. The van der Waals surface area contributed by atoms with E-state index in [-0.39, 0.29) is 5.75 Å². The summed E-state index contributed by atoms with van der Waals surface area (Å²) in [6.07, 6.45) is 0. The van der Waals surface area contributed by atoms with E-state index >= 15 is 0 Å². The van der Waals surface area contributed by atoms with Crippen LogP contribution in [0.5, 0.6) is 11.5 Å². The zero-order valence-corrected chi connectivity index (χ0v) is 12.2. The molecule has 1 aromatic rings. The molecule has 4 heteroatoms. The van der Waals surface area contributed by atoms with Gasteiger partial charge >= 0.3 is 0 Å². The molecule has 0 aromatic heterocycles. The highest BCUT2D eigenvalue weighted by Gasteiger charge is 2.09. The predicted octanol–water partition coefficient (Wildman–Crippen LogP) is 3.30. The van der Waals surface area contributed by atoms with E-state index in [1.54, 1.807) is 0 Å². The van der Waals surface area contributed by atoms with Gasteiger partial charge < -0.3 is 15.2 Å². The standard InChI is InChI=1S/C13H20BrNO2/c1-4-17-12-6-10(5-11(14)13(12)16)8-15-7-9(2)3/h5-6,9,15-16H,4,7-8H2,1-3H3. The lowest BCUT2D eigenvalue weighted by Gasteiger charge is -2.12. The average molecular weight is 302 g/mol. The van der Waals surface area contributed by atoms with Crippen molar-refractivity contribution in [3.8, 4) is 11.5 Å². The van der Waals surface area contributed by atoms with E-state index in [1.807, 2.05) is 19.1 Å². The van der Waals surface area contributed by atoms with Gasteiger partial charge in [-0.15, -0.1) is 0 Å². The number of phenols is 1. The van der Waals surface area contributed by atoms with E-state index in [9.17, 15) is 5.11 Å². The number of nitrogens with one attached hydrogen (secondary N) is 1. The molecule has 17 heavy (non-hydrogen) atoms. The number of hydrogen-bond donors (Lipinski definition) is 2. The molecule has 0 amide bonds. The van der Waals surface area contributed by atoms with Gasteiger partial charge in [0.05, 0.1) is 11.1 Å². The second kappa shape index (κ2) is 6.87. The minimum Gasteiger partial charge on any atom is -0.503 e. The molecule has 2 N–H and O–H groups in total. The first-order valence-electron chi connectivity index (χ1n) is 5.89. The van der Waals surface area contributed by atoms with Gasteiger partial charge in [0.1, 0.15) is 0 Å². The zero-order valence-electron chi connectivity index (χ0n) is 10.6. The Morgan fingerprint density at radius 2 is 2.12 bits per heavy atom. The molecule has 0 heterocycles. The highest BCUT2D eigenvalue weighted by Crippen LogP contribution is 2.35. The maximum atomic E-state index is 9.77. The number of hydrogen-bond acceptors (Lipinski definition) is 3. The fourth-order valence-corrected chi connectivity index (χ4v) is 1.99. The van der Waals surface area contributed by atoms with Crippen molar-refractivity contribution in [2.45, 2.75) is 27.3 Å². The summed E-state index contributed by atoms with van der Waals surface area (Å²) in [4.78, 5) is 0. The first kappa shape index (κ1) is 14.3. The first-order valence-corrected chi connectivity index (χ1v) is 6.68. The lowest BCUT2D eigenvalue weighted by molar-refractivity contribution is 0.316. The van der Waals surface area contributed by atoms with Gasteiger partial charge in [0, 0.05) is 6.54 Å². The minimum atomic E-state index is 0.166. The van der Waals surface area contributed by atoms with Crippen LogP contribution in [0.25, 0.3) is 0 Å². The van der Waals surface area contributed by atoms with Crippen LogP contribution in [-0.2, 0) is 6.54 Å². The number of ether oxygens (including phenoxy) is 1. The van der Waals surface area contributed by atoms with Crippen LogP contribution in [0.4, 0.5) is 0 Å². The van der Waals surface area contributed by atoms with Gasteiger partial charge in [0.25, 0.3) is 0 Å². The second-order valence-corrected chi connectivity index (χ2v) is 5.24. The van der Waals surface area contributed by atoms with Crippen LogP contribution in [-0.4, -0.2) is 18.3 Å². The summed E-state index contributed by atoms with van der Waals surface area (Å²) in [5.74, 6) is 1.32. The summed E-state index contributed by atoms with van der Waals surface area (Å²) in [7, 11) is 0. The molecule has 0 spiro atoms. The Labute approximate surface area is 111 Å². The van der Waals surface area contributed by atoms with Crippen LogP contribution in [0.2, 0.25) is 0 Å². The fourth-order valence-electron chi connectivity index (χ4n) is 1.50. The van der Waals surface area contributed by atoms with E-state index in [0.29, 0.717) is 22.7 Å². The van der Waals surface area contributed by atoms with Crippen LogP contribution in [0.3, 0.4) is 0 Å². The predicted molar refractivity (Wildman–Crippen MR) is 73.5 cm³/mol. The summed E-state index contributed by atoms with van der Waals surface area (Å²) in [5.41, 5.74) is 1.10. The van der Waals surface area contributed by atoms with E-state index in [4.69, 9.17) is 4.74 Å². The maximum absolute atomic E-state index is 9.77. The summed E-state index contributed by atoms with van der Waals surface area (Å²) >= 11 is 3.33. The van der Waals surface area contributed by atoms with Crippen molar-refractivity contribution in [2.75, 3.05) is 13.2 Å². The van der Waals surface area contributed by atoms with E-state index in [1.165, 1.54) is 0 Å². The smallest absolute Gasteiger partial charge is 0.172 e. The van der Waals surface area contributed by atoms with Gasteiger partial charge in [-0.05, 0) is 53.0 Å². The number of benzene rings is 1. The summed E-state index contributed by atoms with van der Waals surface area (Å²) in [5, 5.41) is 13.1. The highest BCUT2D eigenvalue weighted by molar-refractivity contribution is 9.10. The monoisotopic (exact) mass is 301 g/mol. The summed E-state index contributed by atoms with van der Waals surface area (Å²) in [6, 6.07) is 3.78. The molecule has 0 unspecified atom stereocenters. The number of aromatic hydroxyl groups is 1. The summed E-state index contributed by atoms with van der Waals surface area (Å²) < 4.78 is 6.05. The molecule has 96 valence electrons. The normalized spacial score (nSPS) is 10.9. The molecule has 3 nitrogen and oxygen atoms in total. The molecule has 0 aliphatic rings. The Hall–Kier alpha value is -0.740. The van der Waals surface area contributed by atoms with Crippen LogP contribution >= 0.6 is 15.9 Å². The third-order valence-corrected chi connectivity index (χ3v) is 2.87. The second-order valence-electron chi connectivity index (χ2n) is 4.38. The summed E-state index contributed by atoms with van der Waals surface area (Å²) in [6.45, 7) is 8.54. The van der Waals surface area contributed by atoms with Gasteiger partial charge in [-0.3, -0.25) is 0 Å². The third-order valence-electron chi connectivity index (χ3n) is 2.27. The zero-order chi connectivity index (χ0) is 12.8. The Balaban J connectivity index is 2.72. The van der Waals surface area contributed by atoms with E-state index in [0.717, 1.165) is 18.7 Å². The van der Waals surface area contributed by atoms with E-state index in [2.05, 4.69) is 35.1 Å². The number of phenolic OH excluding ortho intramolecular Hbond substituents is 1. The minimum absolute atomic E-state index is 0.166. The molecular weight excluding hydrogens is 282 g/mol. The van der Waals surface area contributed by atoms with Gasteiger partial charge in [0.2, 0.25) is 0 Å². The Kier molecular flexibility index (Phi) is 5.78. The van der Waals surface area contributed by atoms with Crippen molar-refractivity contribution in [1.29, 1.82) is 0 Å². The van der Waals surface area contributed by atoms with Crippen molar-refractivity contribution in [3.63, 3.8) is 0 Å². The van der Waals surface area contributed by atoms with Gasteiger partial charge in [-0.25, -0.2) is 0 Å². The molecule has 0 saturated heterocycles.